The number of aliphatic hydroxyl groups is 2. The standard InChI is InChI=1S/C30H44N4O5S.C22H30N4O3S.C11H21BrO3.C9H18O3.CH5N/c1-6-14-39-15-8-7-9-25(36)33-27(30(3,4)5)29(38)34-18-23(35)16-24(34)28(37)31-17-21-10-12-22(13-11-21)26-20(2)32-19-40-26;1-13-18(30-12-25-13)15-7-5-14(6-8-15)10-24-20(28)17-9-16(27)11-26(17)21(29)19(23)22(2,3)4;1-11(2,3)15-10(13)6-4-5-8-14-9-7-12;1-2-3-7-12-8-5-4-6-9(10)11;1-2/h10-13,19,23-24,27,35H,6-9,14-18H2,1-5H3,(H,31,37)(H,33,36);5-8,12,16-17,19,27H,9-11,23H2,1-4H3,(H,24,28);4-9H2,1-3H3;2-8H2,1H3,(H,10,11);2H2,1H3/t23-,24+,27-;16-,17+,19-;;;/m11.../s1. The van der Waals surface area contributed by atoms with Gasteiger partial charge in [0.05, 0.1) is 57.0 Å². The summed E-state index contributed by atoms with van der Waals surface area (Å²) in [6.07, 6.45) is 7.85. The van der Waals surface area contributed by atoms with Gasteiger partial charge >= 0.3 is 11.9 Å². The van der Waals surface area contributed by atoms with Crippen LogP contribution in [0.4, 0.5) is 0 Å². The van der Waals surface area contributed by atoms with Crippen LogP contribution < -0.4 is 27.4 Å². The van der Waals surface area contributed by atoms with E-state index in [2.05, 4.69) is 61.4 Å². The highest BCUT2D eigenvalue weighted by atomic mass is 79.9. The topological polar surface area (TPSA) is 337 Å². The zero-order chi connectivity index (χ0) is 74.3. The Morgan fingerprint density at radius 3 is 1.41 bits per heavy atom. The van der Waals surface area contributed by atoms with Crippen molar-refractivity contribution in [3.63, 3.8) is 0 Å². The van der Waals surface area contributed by atoms with Gasteiger partial charge in [-0.15, -0.1) is 22.7 Å². The van der Waals surface area contributed by atoms with Crippen molar-refractivity contribution in [3.8, 4) is 20.9 Å². The number of unbranched alkanes of at least 4 members (excludes halogenated alkanes) is 4. The van der Waals surface area contributed by atoms with Crippen molar-refractivity contribution >= 4 is 80.1 Å². The fourth-order valence-corrected chi connectivity index (χ4v) is 12.0. The van der Waals surface area contributed by atoms with E-state index in [1.165, 1.54) is 16.8 Å². The number of nitrogens with zero attached hydrogens (tertiary/aromatic N) is 4. The van der Waals surface area contributed by atoms with E-state index in [1.807, 2.05) is 136 Å². The molecule has 4 heterocycles. The number of aliphatic carboxylic acids is 1. The van der Waals surface area contributed by atoms with E-state index in [0.717, 1.165) is 113 Å². The lowest BCUT2D eigenvalue weighted by molar-refractivity contribution is -0.155. The Balaban J connectivity index is 0.000000493. The number of alkyl halides is 1. The van der Waals surface area contributed by atoms with Crippen molar-refractivity contribution in [1.82, 2.24) is 35.7 Å². The molecular formula is C73H118BrN9O14S2. The molecule has 10 N–H and O–H groups in total. The van der Waals surface area contributed by atoms with Gasteiger partial charge in [0, 0.05) is 96.6 Å². The second-order valence-corrected chi connectivity index (χ2v) is 30.1. The van der Waals surface area contributed by atoms with E-state index in [-0.39, 0.29) is 73.5 Å². The van der Waals surface area contributed by atoms with Crippen molar-refractivity contribution in [2.75, 3.05) is 65.1 Å². The number of nitrogens with two attached hydrogens (primary N) is 2. The molecule has 2 fully saturated rings. The molecule has 6 atom stereocenters. The molecule has 0 aliphatic carbocycles. The van der Waals surface area contributed by atoms with Crippen LogP contribution in [0, 0.1) is 24.7 Å². The van der Waals surface area contributed by atoms with Gasteiger partial charge in [0.1, 0.15) is 23.7 Å². The highest BCUT2D eigenvalue weighted by Crippen LogP contribution is 2.31. The molecule has 558 valence electrons. The summed E-state index contributed by atoms with van der Waals surface area (Å²) < 4.78 is 21.2. The Labute approximate surface area is 605 Å². The smallest absolute Gasteiger partial charge is 0.306 e. The van der Waals surface area contributed by atoms with Crippen LogP contribution in [0.15, 0.2) is 59.6 Å². The molecule has 26 heteroatoms. The molecule has 0 unspecified atom stereocenters. The maximum absolute atomic E-state index is 13.7. The van der Waals surface area contributed by atoms with Gasteiger partial charge in [-0.2, -0.15) is 0 Å². The van der Waals surface area contributed by atoms with Crippen LogP contribution in [0.2, 0.25) is 0 Å². The molecule has 99 heavy (non-hydrogen) atoms. The maximum Gasteiger partial charge on any atom is 0.306 e. The van der Waals surface area contributed by atoms with Crippen molar-refractivity contribution in [2.24, 2.45) is 22.3 Å². The summed E-state index contributed by atoms with van der Waals surface area (Å²) in [4.78, 5) is 100. The number of carbonyl (C=O) groups is 7. The van der Waals surface area contributed by atoms with Gasteiger partial charge in [0.2, 0.25) is 29.5 Å². The molecule has 4 aromatic rings. The minimum absolute atomic E-state index is 0.0526. The summed E-state index contributed by atoms with van der Waals surface area (Å²) in [7, 11) is 1.50. The normalized spacial score (nSPS) is 16.4. The fourth-order valence-electron chi connectivity index (χ4n) is 10.1. The van der Waals surface area contributed by atoms with E-state index >= 15 is 0 Å². The average molecular weight is 1490 g/mol. The maximum atomic E-state index is 13.7. The first-order chi connectivity index (χ1) is 46.8. The van der Waals surface area contributed by atoms with Gasteiger partial charge in [-0.05, 0) is 126 Å². The van der Waals surface area contributed by atoms with Crippen molar-refractivity contribution in [2.45, 2.75) is 235 Å². The molecule has 5 amide bonds. The number of aliphatic hydroxyl groups excluding tert-OH is 2. The van der Waals surface area contributed by atoms with Gasteiger partial charge in [-0.1, -0.05) is 126 Å². The summed E-state index contributed by atoms with van der Waals surface area (Å²) in [5, 5.41) is 38.3. The van der Waals surface area contributed by atoms with Crippen molar-refractivity contribution in [1.29, 1.82) is 0 Å². The number of β-amino-alcohol motifs (C(OH)–C–C–N with tert-alkyl or cyclic N) is 2. The largest absolute Gasteiger partial charge is 0.481 e. The fraction of sp³-hybridized carbons (Fsp3) is 0.658. The van der Waals surface area contributed by atoms with Crippen LogP contribution >= 0.6 is 38.6 Å². The Kier molecular flexibility index (Phi) is 42.7. The Bertz CT molecular complexity index is 2990. The predicted octanol–water partition coefficient (Wildman–Crippen LogP) is 10.4. The number of carboxylic acids is 1. The number of halogens is 1. The first-order valence-electron chi connectivity index (χ1n) is 34.7. The summed E-state index contributed by atoms with van der Waals surface area (Å²) in [5.74, 6) is -2.30. The number of carbonyl (C=O) groups excluding carboxylic acids is 6. The predicted molar refractivity (Wildman–Crippen MR) is 396 cm³/mol. The summed E-state index contributed by atoms with van der Waals surface area (Å²) >= 11 is 6.46. The van der Waals surface area contributed by atoms with Gasteiger partial charge in [-0.25, -0.2) is 9.97 Å². The molecule has 2 saturated heterocycles. The third kappa shape index (κ3) is 35.1. The van der Waals surface area contributed by atoms with E-state index < -0.39 is 53.2 Å². The zero-order valence-electron chi connectivity index (χ0n) is 61.4. The number of aromatic nitrogens is 2. The van der Waals surface area contributed by atoms with Gasteiger partial charge in [0.15, 0.2) is 0 Å². The highest BCUT2D eigenvalue weighted by molar-refractivity contribution is 9.09. The van der Waals surface area contributed by atoms with Gasteiger partial charge < -0.3 is 71.5 Å². The molecule has 0 spiro atoms. The summed E-state index contributed by atoms with van der Waals surface area (Å²) in [6.45, 7) is 30.2. The molecule has 0 radical (unpaired) electrons. The van der Waals surface area contributed by atoms with Crippen LogP contribution in [0.3, 0.4) is 0 Å². The highest BCUT2D eigenvalue weighted by Gasteiger charge is 2.45. The number of rotatable bonds is 33. The Morgan fingerprint density at radius 2 is 1.02 bits per heavy atom. The van der Waals surface area contributed by atoms with E-state index in [9.17, 15) is 43.8 Å². The number of amides is 5. The van der Waals surface area contributed by atoms with Gasteiger partial charge in [0.25, 0.3) is 0 Å². The first kappa shape index (κ1) is 89.3. The number of carboxylic acid groups (broad SMARTS) is 1. The number of ether oxygens (including phenoxy) is 4. The number of benzene rings is 2. The third-order valence-electron chi connectivity index (χ3n) is 15.6. The van der Waals surface area contributed by atoms with Crippen LogP contribution in [0.5, 0.6) is 0 Å². The molecular weight excluding hydrogens is 1370 g/mol. The third-order valence-corrected chi connectivity index (χ3v) is 17.9. The number of esters is 1. The number of nitrogens with one attached hydrogen (secondary N) is 3. The lowest BCUT2D eigenvalue weighted by atomic mass is 9.85. The lowest BCUT2D eigenvalue weighted by Gasteiger charge is -2.35. The molecule has 2 aromatic heterocycles. The minimum atomic E-state index is -0.820. The number of thiazole rings is 2. The molecule has 2 aliphatic rings. The summed E-state index contributed by atoms with van der Waals surface area (Å²) in [5.41, 5.74) is 18.9. The first-order valence-corrected chi connectivity index (χ1v) is 37.6. The number of hydrogen-bond acceptors (Lipinski definition) is 19. The number of hydrogen-bond donors (Lipinski definition) is 8. The number of likely N-dealkylation sites (tertiary alicyclic amines) is 2. The van der Waals surface area contributed by atoms with Crippen LogP contribution in [0.1, 0.15) is 189 Å². The van der Waals surface area contributed by atoms with Crippen molar-refractivity contribution < 1.29 is 67.8 Å². The Hall–Kier alpha value is -5.81. The van der Waals surface area contributed by atoms with E-state index in [1.54, 1.807) is 22.7 Å². The van der Waals surface area contributed by atoms with Crippen molar-refractivity contribution in [3.05, 3.63) is 82.1 Å². The molecule has 2 aromatic carbocycles. The van der Waals surface area contributed by atoms with Crippen LogP contribution in [0.25, 0.3) is 20.9 Å². The van der Waals surface area contributed by atoms with Gasteiger partial charge in [-0.3, -0.25) is 33.6 Å². The summed E-state index contributed by atoms with van der Waals surface area (Å²) in [6, 6.07) is 12.8. The van der Waals surface area contributed by atoms with E-state index in [0.29, 0.717) is 58.8 Å². The average Bonchev–Trinajstić information content (AvgIpc) is 1.71. The molecule has 0 saturated carbocycles. The minimum Gasteiger partial charge on any atom is -0.481 e. The monoisotopic (exact) mass is 1490 g/mol. The van der Waals surface area contributed by atoms with Crippen LogP contribution in [-0.2, 0) is 65.6 Å². The molecule has 0 bridgehead atoms. The van der Waals surface area contributed by atoms with E-state index in [4.69, 9.17) is 29.8 Å². The molecule has 2 aliphatic heterocycles. The zero-order valence-corrected chi connectivity index (χ0v) is 64.6. The molecule has 23 nitrogen and oxygen atoms in total. The lowest BCUT2D eigenvalue weighted by Crippen LogP contribution is -2.57. The second-order valence-electron chi connectivity index (χ2n) is 27.6. The van der Waals surface area contributed by atoms with Crippen LogP contribution in [-0.4, -0.2) is 184 Å². The quantitative estimate of drug-likeness (QED) is 0.0125. The SMILES string of the molecule is CC(C)(C)OC(=O)CCCCOCCBr.CCCCOCCCCC(=O)O.CCCOCCCCC(=O)N[C@H](C(=O)N1C[C@H](O)C[C@H]1C(=O)NCc1ccc(-c2scnc2C)cc1)C(C)(C)C.CN.Cc1ncsc1-c1ccc(CNC(=O)[C@@H]2C[C@@H](O)CN2C(=O)[C@@H](N)C(C)(C)C)cc1. The Morgan fingerprint density at radius 1 is 0.596 bits per heavy atom. The molecule has 6 rings (SSSR count). The number of aryl methyl sites for hydroxylation is 2. The second kappa shape index (κ2) is 47.4.